The summed E-state index contributed by atoms with van der Waals surface area (Å²) in [6.45, 7) is 0. The van der Waals surface area contributed by atoms with Crippen LogP contribution in [0.15, 0.2) is 72.8 Å². The Labute approximate surface area is 305 Å². The summed E-state index contributed by atoms with van der Waals surface area (Å²) in [7, 11) is 0. The fourth-order valence-corrected chi connectivity index (χ4v) is 12.8. The lowest BCUT2D eigenvalue weighted by Crippen LogP contribution is -1.99. The van der Waals surface area contributed by atoms with Crippen LogP contribution < -0.4 is 0 Å². The van der Waals surface area contributed by atoms with E-state index in [1.807, 2.05) is 48.5 Å². The summed E-state index contributed by atoms with van der Waals surface area (Å²) in [5, 5.41) is 38.1. The molecule has 7 rings (SSSR count). The van der Waals surface area contributed by atoms with Crippen LogP contribution in [0.3, 0.4) is 0 Å². The lowest BCUT2D eigenvalue weighted by Gasteiger charge is -1.99. The van der Waals surface area contributed by atoms with Gasteiger partial charge in [-0.3, -0.25) is 9.59 Å². The Morgan fingerprint density at radius 3 is 1.04 bits per heavy atom. The van der Waals surface area contributed by atoms with Crippen molar-refractivity contribution in [3.8, 4) is 58.5 Å². The molecule has 0 fully saturated rings. The first-order chi connectivity index (χ1) is 23.5. The fraction of sp³-hybridized carbons (Fsp3) is 0.0588. The topological polar surface area (TPSA) is 149 Å². The molecule has 246 valence electrons. The van der Waals surface area contributed by atoms with Crippen molar-refractivity contribution in [3.05, 3.63) is 93.7 Å². The van der Waals surface area contributed by atoms with Crippen LogP contribution in [0.1, 0.15) is 30.5 Å². The van der Waals surface area contributed by atoms with Crippen LogP contribution in [0.4, 0.5) is 0 Å². The lowest BCUT2D eigenvalue weighted by molar-refractivity contribution is -0.137. The zero-order valence-corrected chi connectivity index (χ0v) is 30.3. The Kier molecular flexibility index (Phi) is 9.23. The zero-order valence-electron chi connectivity index (χ0n) is 24.6. The van der Waals surface area contributed by atoms with Gasteiger partial charge in [0.05, 0.1) is 12.8 Å². The highest BCUT2D eigenvalue weighted by Gasteiger charge is 2.22. The average Bonchev–Trinajstić information content (AvgIpc) is 3.87. The van der Waals surface area contributed by atoms with E-state index in [4.69, 9.17) is 0 Å². The molecule has 0 aliphatic carbocycles. The van der Waals surface area contributed by atoms with Crippen molar-refractivity contribution in [1.82, 2.24) is 0 Å². The third kappa shape index (κ3) is 6.96. The van der Waals surface area contributed by atoms with E-state index in [1.165, 1.54) is 79.4 Å². The Morgan fingerprint density at radius 1 is 0.388 bits per heavy atom. The van der Waals surface area contributed by atoms with Gasteiger partial charge in [-0.25, -0.2) is 9.59 Å². The van der Waals surface area contributed by atoms with E-state index in [0.717, 1.165) is 58.5 Å². The van der Waals surface area contributed by atoms with Crippen LogP contribution in [0, 0.1) is 0 Å². The molecule has 0 aliphatic rings. The standard InChI is InChI=1S/C34H20O8S7/c35-29(36)13-15-11-27(21-3-1-17(43-21)19-5-9-25(45-19)33(39)40)48-31(15)23-7-8-24(47-23)32-16(14-30(37)38)12-28(49-32)22-4-2-18(44-22)20-6-10-26(46-20)34(41)42/h1-12H,13-14H2,(H,35,36)(H,37,38)(H,39,40)(H,41,42). The number of rotatable bonds is 12. The first-order valence-electron chi connectivity index (χ1n) is 14.2. The maximum absolute atomic E-state index is 11.9. The largest absolute Gasteiger partial charge is 0.481 e. The summed E-state index contributed by atoms with van der Waals surface area (Å²) in [5.41, 5.74) is 1.37. The number of thiophene rings is 7. The molecule has 0 radical (unpaired) electrons. The van der Waals surface area contributed by atoms with Crippen molar-refractivity contribution in [2.45, 2.75) is 12.8 Å². The highest BCUT2D eigenvalue weighted by atomic mass is 32.1. The van der Waals surface area contributed by atoms with Gasteiger partial charge in [0.25, 0.3) is 0 Å². The predicted molar refractivity (Wildman–Crippen MR) is 201 cm³/mol. The molecule has 0 amide bonds. The van der Waals surface area contributed by atoms with E-state index < -0.39 is 23.9 Å². The number of hydrogen-bond acceptors (Lipinski definition) is 11. The van der Waals surface area contributed by atoms with E-state index in [0.29, 0.717) is 11.1 Å². The van der Waals surface area contributed by atoms with Gasteiger partial charge in [0.2, 0.25) is 0 Å². The number of hydrogen-bond donors (Lipinski definition) is 4. The van der Waals surface area contributed by atoms with Crippen LogP contribution >= 0.6 is 79.4 Å². The minimum Gasteiger partial charge on any atom is -0.481 e. The molecule has 0 aliphatic heterocycles. The third-order valence-electron chi connectivity index (χ3n) is 7.17. The van der Waals surface area contributed by atoms with Crippen molar-refractivity contribution < 1.29 is 39.6 Å². The summed E-state index contributed by atoms with van der Waals surface area (Å²) >= 11 is 9.94. The molecule has 0 saturated heterocycles. The molecule has 49 heavy (non-hydrogen) atoms. The Hall–Kier alpha value is -4.22. The van der Waals surface area contributed by atoms with Gasteiger partial charge in [0.1, 0.15) is 9.75 Å². The second-order valence-electron chi connectivity index (χ2n) is 10.5. The van der Waals surface area contributed by atoms with Crippen LogP contribution in [0.25, 0.3) is 58.5 Å². The van der Waals surface area contributed by atoms with E-state index in [1.54, 1.807) is 24.3 Å². The molecule has 0 unspecified atom stereocenters. The zero-order chi connectivity index (χ0) is 34.4. The van der Waals surface area contributed by atoms with Crippen molar-refractivity contribution in [2.24, 2.45) is 0 Å². The molecule has 0 atom stereocenters. The molecule has 0 bridgehead atoms. The van der Waals surface area contributed by atoms with Gasteiger partial charge in [-0.05, 0) is 83.9 Å². The van der Waals surface area contributed by atoms with Crippen molar-refractivity contribution in [2.75, 3.05) is 0 Å². The second-order valence-corrected chi connectivity index (χ2v) is 18.0. The Morgan fingerprint density at radius 2 is 0.694 bits per heavy atom. The van der Waals surface area contributed by atoms with E-state index in [2.05, 4.69) is 0 Å². The Balaban J connectivity index is 1.21. The van der Waals surface area contributed by atoms with E-state index in [9.17, 15) is 39.6 Å². The molecule has 8 nitrogen and oxygen atoms in total. The normalized spacial score (nSPS) is 11.3. The lowest BCUT2D eigenvalue weighted by atomic mass is 10.1. The van der Waals surface area contributed by atoms with Crippen LogP contribution in [0.5, 0.6) is 0 Å². The second kappa shape index (κ2) is 13.6. The summed E-state index contributed by atoms with van der Waals surface area (Å²) in [4.78, 5) is 57.7. The van der Waals surface area contributed by atoms with Gasteiger partial charge < -0.3 is 20.4 Å². The molecular weight excluding hydrogens is 761 g/mol. The summed E-state index contributed by atoms with van der Waals surface area (Å²) < 4.78 is 0. The minimum atomic E-state index is -0.967. The van der Waals surface area contributed by atoms with Crippen molar-refractivity contribution in [1.29, 1.82) is 0 Å². The van der Waals surface area contributed by atoms with Crippen LogP contribution in [-0.4, -0.2) is 44.3 Å². The SMILES string of the molecule is O=C(O)Cc1cc(-c2ccc(-c3ccc(C(=O)O)s3)s2)sc1-c1ccc(-c2sc(-c3ccc(-c4ccc(C(=O)O)s4)s3)cc2CC(=O)O)s1. The summed E-state index contributed by atoms with van der Waals surface area (Å²) in [6.07, 6.45) is -0.312. The van der Waals surface area contributed by atoms with Gasteiger partial charge >= 0.3 is 23.9 Å². The van der Waals surface area contributed by atoms with Crippen LogP contribution in [-0.2, 0) is 22.4 Å². The molecule has 0 aromatic carbocycles. The fourth-order valence-electron chi connectivity index (χ4n) is 5.06. The van der Waals surface area contributed by atoms with Gasteiger partial charge in [0, 0.05) is 58.5 Å². The van der Waals surface area contributed by atoms with Gasteiger partial charge in [-0.1, -0.05) is 0 Å². The Bertz CT molecular complexity index is 2220. The molecule has 7 heterocycles. The molecular formula is C34H20O8S7. The monoisotopic (exact) mass is 780 g/mol. The van der Waals surface area contributed by atoms with E-state index >= 15 is 0 Å². The number of aliphatic carboxylic acids is 2. The molecule has 7 aromatic rings. The summed E-state index contributed by atoms with van der Waals surface area (Å²) in [6, 6.07) is 22.3. The number of carboxylic acids is 4. The maximum Gasteiger partial charge on any atom is 0.345 e. The third-order valence-corrected chi connectivity index (χ3v) is 16.1. The minimum absolute atomic E-state index is 0.156. The first kappa shape index (κ1) is 33.3. The average molecular weight is 781 g/mol. The van der Waals surface area contributed by atoms with Gasteiger partial charge in [-0.2, -0.15) is 0 Å². The number of carbonyl (C=O) groups is 4. The maximum atomic E-state index is 11.9. The molecule has 7 aromatic heterocycles. The van der Waals surface area contributed by atoms with Crippen LogP contribution in [0.2, 0.25) is 0 Å². The molecule has 15 heteroatoms. The van der Waals surface area contributed by atoms with Crippen molar-refractivity contribution in [3.63, 3.8) is 0 Å². The van der Waals surface area contributed by atoms with Crippen molar-refractivity contribution >= 4 is 103 Å². The number of carboxylic acid groups (broad SMARTS) is 4. The molecule has 0 saturated carbocycles. The highest BCUT2D eigenvalue weighted by molar-refractivity contribution is 7.31. The highest BCUT2D eigenvalue weighted by Crippen LogP contribution is 2.49. The molecule has 4 N–H and O–H groups in total. The smallest absolute Gasteiger partial charge is 0.345 e. The summed E-state index contributed by atoms with van der Waals surface area (Å²) in [5.74, 6) is -3.83. The first-order valence-corrected chi connectivity index (χ1v) is 19.9. The van der Waals surface area contributed by atoms with E-state index in [-0.39, 0.29) is 22.6 Å². The van der Waals surface area contributed by atoms with Gasteiger partial charge in [-0.15, -0.1) is 79.4 Å². The quantitative estimate of drug-likeness (QED) is 0.0957. The van der Waals surface area contributed by atoms with Gasteiger partial charge in [0.15, 0.2) is 0 Å². The molecule has 0 spiro atoms. The number of aromatic carboxylic acids is 2. The predicted octanol–water partition coefficient (Wildman–Crippen LogP) is 10.8.